The Morgan fingerprint density at radius 2 is 1.74 bits per heavy atom. The number of rotatable bonds is 3. The lowest BCUT2D eigenvalue weighted by Crippen LogP contribution is -2.14. The topological polar surface area (TPSA) is 29.0 Å². The fourth-order valence-corrected chi connectivity index (χ4v) is 2.50. The van der Waals surface area contributed by atoms with Crippen LogP contribution in [0, 0.1) is 13.8 Å². The summed E-state index contributed by atoms with van der Waals surface area (Å²) >= 11 is 6.15. The van der Waals surface area contributed by atoms with Crippen molar-refractivity contribution in [2.24, 2.45) is 0 Å². The van der Waals surface area contributed by atoms with Gasteiger partial charge in [-0.3, -0.25) is 0 Å². The maximum atomic E-state index is 6.15. The van der Waals surface area contributed by atoms with Crippen molar-refractivity contribution in [3.05, 3.63) is 46.4 Å². The van der Waals surface area contributed by atoms with Crippen LogP contribution in [0.4, 0.5) is 11.5 Å². The molecule has 100 valence electrons. The van der Waals surface area contributed by atoms with Crippen molar-refractivity contribution in [3.8, 4) is 0 Å². The lowest BCUT2D eigenvalue weighted by atomic mass is 10.1. The molecule has 3 nitrogen and oxygen atoms in total. The summed E-state index contributed by atoms with van der Waals surface area (Å²) in [4.78, 5) is 10.5. The highest BCUT2D eigenvalue weighted by atomic mass is 35.5. The summed E-state index contributed by atoms with van der Waals surface area (Å²) in [6.45, 7) is 6.25. The highest BCUT2D eigenvalue weighted by Gasteiger charge is 2.13. The smallest absolute Gasteiger partial charge is 0.140 e. The number of aromatic nitrogens is 2. The summed E-state index contributed by atoms with van der Waals surface area (Å²) in [7, 11) is 2.01. The third-order valence-corrected chi connectivity index (χ3v) is 3.46. The van der Waals surface area contributed by atoms with Crippen LogP contribution in [0.15, 0.2) is 24.5 Å². The quantitative estimate of drug-likeness (QED) is 0.791. The summed E-state index contributed by atoms with van der Waals surface area (Å²) < 4.78 is 0. The molecular weight excluding hydrogens is 258 g/mol. The van der Waals surface area contributed by atoms with Crippen LogP contribution < -0.4 is 4.90 Å². The second-order valence-electron chi connectivity index (χ2n) is 4.73. The Morgan fingerprint density at radius 3 is 2.32 bits per heavy atom. The molecule has 0 spiro atoms. The van der Waals surface area contributed by atoms with Gasteiger partial charge in [-0.1, -0.05) is 24.6 Å². The van der Waals surface area contributed by atoms with Crippen molar-refractivity contribution in [2.75, 3.05) is 11.9 Å². The first-order valence-electron chi connectivity index (χ1n) is 6.34. The van der Waals surface area contributed by atoms with E-state index in [-0.39, 0.29) is 0 Å². The zero-order chi connectivity index (χ0) is 14.0. The fourth-order valence-electron chi connectivity index (χ4n) is 2.24. The maximum absolute atomic E-state index is 6.15. The third-order valence-electron chi connectivity index (χ3n) is 3.14. The summed E-state index contributed by atoms with van der Waals surface area (Å²) in [5.41, 5.74) is 4.56. The molecule has 0 bridgehead atoms. The number of halogens is 1. The van der Waals surface area contributed by atoms with Gasteiger partial charge in [0.25, 0.3) is 0 Å². The van der Waals surface area contributed by atoms with E-state index in [1.807, 2.05) is 7.05 Å². The molecule has 0 amide bonds. The number of hydrogen-bond acceptors (Lipinski definition) is 3. The van der Waals surface area contributed by atoms with Gasteiger partial charge in [0.1, 0.15) is 17.3 Å². The van der Waals surface area contributed by atoms with Gasteiger partial charge in [-0.2, -0.15) is 0 Å². The van der Waals surface area contributed by atoms with Gasteiger partial charge < -0.3 is 4.90 Å². The van der Waals surface area contributed by atoms with Gasteiger partial charge >= 0.3 is 0 Å². The Hall–Kier alpha value is -1.61. The Balaban J connectivity index is 2.49. The van der Waals surface area contributed by atoms with E-state index in [0.29, 0.717) is 5.15 Å². The molecule has 0 aliphatic heterocycles. The molecule has 0 unspecified atom stereocenters. The van der Waals surface area contributed by atoms with Crippen molar-refractivity contribution < 1.29 is 0 Å². The van der Waals surface area contributed by atoms with E-state index in [9.17, 15) is 0 Å². The van der Waals surface area contributed by atoms with E-state index in [4.69, 9.17) is 11.6 Å². The first kappa shape index (κ1) is 13.8. The second-order valence-corrected chi connectivity index (χ2v) is 5.08. The SMILES string of the molecule is CCc1c(Cl)ncnc1N(C)c1cc(C)cc(C)c1. The molecule has 2 aromatic rings. The molecule has 0 atom stereocenters. The highest BCUT2D eigenvalue weighted by molar-refractivity contribution is 6.30. The van der Waals surface area contributed by atoms with Crippen molar-refractivity contribution >= 4 is 23.1 Å². The average molecular weight is 276 g/mol. The van der Waals surface area contributed by atoms with Gasteiger partial charge in [0.15, 0.2) is 0 Å². The Morgan fingerprint density at radius 1 is 1.11 bits per heavy atom. The highest BCUT2D eigenvalue weighted by Crippen LogP contribution is 2.29. The van der Waals surface area contributed by atoms with Crippen LogP contribution >= 0.6 is 11.6 Å². The van der Waals surface area contributed by atoms with Crippen molar-refractivity contribution in [1.82, 2.24) is 9.97 Å². The second kappa shape index (κ2) is 5.57. The van der Waals surface area contributed by atoms with E-state index in [0.717, 1.165) is 23.5 Å². The van der Waals surface area contributed by atoms with E-state index < -0.39 is 0 Å². The molecule has 0 N–H and O–H groups in total. The van der Waals surface area contributed by atoms with Crippen LogP contribution in [0.5, 0.6) is 0 Å². The van der Waals surface area contributed by atoms with Gasteiger partial charge in [0.2, 0.25) is 0 Å². The van der Waals surface area contributed by atoms with Crippen LogP contribution in [0.2, 0.25) is 5.15 Å². The minimum absolute atomic E-state index is 0.531. The van der Waals surface area contributed by atoms with Gasteiger partial charge in [0, 0.05) is 18.3 Å². The molecule has 0 aliphatic rings. The lowest BCUT2D eigenvalue weighted by Gasteiger charge is -2.22. The zero-order valence-electron chi connectivity index (χ0n) is 11.7. The van der Waals surface area contributed by atoms with Gasteiger partial charge in [-0.15, -0.1) is 0 Å². The Bertz CT molecular complexity index is 576. The van der Waals surface area contributed by atoms with Crippen LogP contribution in [0.3, 0.4) is 0 Å². The van der Waals surface area contributed by atoms with E-state index >= 15 is 0 Å². The molecule has 0 aliphatic carbocycles. The van der Waals surface area contributed by atoms with E-state index in [1.165, 1.54) is 17.5 Å². The minimum atomic E-state index is 0.531. The van der Waals surface area contributed by atoms with Gasteiger partial charge in [0.05, 0.1) is 0 Å². The average Bonchev–Trinajstić information content (AvgIpc) is 2.36. The number of benzene rings is 1. The predicted octanol–water partition coefficient (Wildman–Crippen LogP) is 4.08. The van der Waals surface area contributed by atoms with Crippen LogP contribution in [-0.4, -0.2) is 17.0 Å². The van der Waals surface area contributed by atoms with Crippen LogP contribution in [0.1, 0.15) is 23.6 Å². The number of hydrogen-bond donors (Lipinski definition) is 0. The van der Waals surface area contributed by atoms with Crippen LogP contribution in [0.25, 0.3) is 0 Å². The monoisotopic (exact) mass is 275 g/mol. The standard InChI is InChI=1S/C15H18ClN3/c1-5-13-14(16)17-9-18-15(13)19(4)12-7-10(2)6-11(3)8-12/h6-9H,5H2,1-4H3. The van der Waals surface area contributed by atoms with E-state index in [1.54, 1.807) is 0 Å². The normalized spacial score (nSPS) is 10.6. The van der Waals surface area contributed by atoms with Crippen LogP contribution in [-0.2, 0) is 6.42 Å². The summed E-state index contributed by atoms with van der Waals surface area (Å²) in [6, 6.07) is 6.44. The third kappa shape index (κ3) is 2.87. The van der Waals surface area contributed by atoms with Gasteiger partial charge in [-0.25, -0.2) is 9.97 Å². The van der Waals surface area contributed by atoms with Crippen molar-refractivity contribution in [1.29, 1.82) is 0 Å². The first-order chi connectivity index (χ1) is 9.02. The molecule has 0 radical (unpaired) electrons. The molecule has 0 fully saturated rings. The van der Waals surface area contributed by atoms with E-state index in [2.05, 4.69) is 53.8 Å². The number of anilines is 2. The molecule has 1 aromatic heterocycles. The first-order valence-corrected chi connectivity index (χ1v) is 6.72. The predicted molar refractivity (Wildman–Crippen MR) is 80.4 cm³/mol. The van der Waals surface area contributed by atoms with Crippen molar-refractivity contribution in [3.63, 3.8) is 0 Å². The van der Waals surface area contributed by atoms with Gasteiger partial charge in [-0.05, 0) is 43.5 Å². The number of aryl methyl sites for hydroxylation is 2. The molecule has 0 saturated heterocycles. The largest absolute Gasteiger partial charge is 0.329 e. The lowest BCUT2D eigenvalue weighted by molar-refractivity contribution is 0.998. The minimum Gasteiger partial charge on any atom is -0.329 e. The Labute approximate surface area is 119 Å². The molecular formula is C15H18ClN3. The summed E-state index contributed by atoms with van der Waals surface area (Å²) in [5, 5.41) is 0.531. The molecule has 2 rings (SSSR count). The molecule has 19 heavy (non-hydrogen) atoms. The summed E-state index contributed by atoms with van der Waals surface area (Å²) in [5.74, 6) is 0.868. The Kier molecular flexibility index (Phi) is 4.05. The maximum Gasteiger partial charge on any atom is 0.140 e. The molecule has 1 heterocycles. The summed E-state index contributed by atoms with van der Waals surface area (Å²) in [6.07, 6.45) is 2.32. The zero-order valence-corrected chi connectivity index (χ0v) is 12.5. The van der Waals surface area contributed by atoms with Crippen molar-refractivity contribution in [2.45, 2.75) is 27.2 Å². The molecule has 4 heteroatoms. The molecule has 0 saturated carbocycles. The number of nitrogens with zero attached hydrogens (tertiary/aromatic N) is 3. The molecule has 1 aromatic carbocycles. The fraction of sp³-hybridized carbons (Fsp3) is 0.333.